The Morgan fingerprint density at radius 2 is 1.74 bits per heavy atom. The fourth-order valence-corrected chi connectivity index (χ4v) is 6.19. The average Bonchev–Trinajstić information content (AvgIpc) is 3.54. The van der Waals surface area contributed by atoms with E-state index in [1.54, 1.807) is 0 Å². The van der Waals surface area contributed by atoms with E-state index in [0.29, 0.717) is 11.8 Å². The number of para-hydroxylation sites is 1. The molecule has 0 bridgehead atoms. The summed E-state index contributed by atoms with van der Waals surface area (Å²) in [5.74, 6) is 1.42. The standard InChI is InChI=1S/C28H34N4OS/c1-19-17-21-9-5-8-12-24(21)31(19)25(33)18-34-27-30-29-26(32(27)23-10-6-7-11-23)20-13-15-22(16-14-20)28(2,3)4/h5,8-9,12-16,19,23H,6-7,10-11,17-18H2,1-4H3. The number of carbonyl (C=O) groups is 1. The van der Waals surface area contributed by atoms with E-state index < -0.39 is 0 Å². The van der Waals surface area contributed by atoms with Crippen molar-refractivity contribution in [2.75, 3.05) is 10.7 Å². The Morgan fingerprint density at radius 1 is 1.03 bits per heavy atom. The van der Waals surface area contributed by atoms with Gasteiger partial charge < -0.3 is 4.90 Å². The summed E-state index contributed by atoms with van der Waals surface area (Å²) in [5.41, 5.74) is 4.82. The molecule has 0 N–H and O–H groups in total. The highest BCUT2D eigenvalue weighted by atomic mass is 32.2. The largest absolute Gasteiger partial charge is 0.308 e. The van der Waals surface area contributed by atoms with Gasteiger partial charge in [-0.05, 0) is 48.8 Å². The molecule has 0 saturated heterocycles. The molecule has 2 heterocycles. The zero-order chi connectivity index (χ0) is 23.9. The summed E-state index contributed by atoms with van der Waals surface area (Å²) in [6.45, 7) is 8.82. The van der Waals surface area contributed by atoms with Crippen LogP contribution in [0.2, 0.25) is 0 Å². The molecule has 1 aromatic heterocycles. The summed E-state index contributed by atoms with van der Waals surface area (Å²) in [6, 6.07) is 17.6. The van der Waals surface area contributed by atoms with Gasteiger partial charge in [-0.2, -0.15) is 0 Å². The van der Waals surface area contributed by atoms with Crippen LogP contribution in [0.5, 0.6) is 0 Å². The maximum Gasteiger partial charge on any atom is 0.237 e. The van der Waals surface area contributed by atoms with Gasteiger partial charge in [0.2, 0.25) is 5.91 Å². The highest BCUT2D eigenvalue weighted by Crippen LogP contribution is 2.38. The van der Waals surface area contributed by atoms with Crippen molar-refractivity contribution in [1.29, 1.82) is 0 Å². The molecule has 1 amide bonds. The number of anilines is 1. The first-order valence-corrected chi connectivity index (χ1v) is 13.4. The molecule has 1 fully saturated rings. The molecule has 0 radical (unpaired) electrons. The molecular weight excluding hydrogens is 440 g/mol. The van der Waals surface area contributed by atoms with Gasteiger partial charge in [0.05, 0.1) is 5.75 Å². The summed E-state index contributed by atoms with van der Waals surface area (Å²) in [5, 5.41) is 10.0. The smallest absolute Gasteiger partial charge is 0.237 e. The molecule has 3 aromatic rings. The Kier molecular flexibility index (Phi) is 6.28. The molecule has 5 rings (SSSR count). The van der Waals surface area contributed by atoms with Crippen molar-refractivity contribution in [3.05, 3.63) is 59.7 Å². The van der Waals surface area contributed by atoms with Crippen LogP contribution in [0.1, 0.15) is 70.5 Å². The summed E-state index contributed by atoms with van der Waals surface area (Å²) in [7, 11) is 0. The third kappa shape index (κ3) is 4.40. The lowest BCUT2D eigenvalue weighted by molar-refractivity contribution is -0.116. The first kappa shape index (κ1) is 23.2. The van der Waals surface area contributed by atoms with E-state index in [-0.39, 0.29) is 17.4 Å². The first-order valence-electron chi connectivity index (χ1n) is 12.4. The number of fused-ring (bicyclic) bond motifs is 1. The molecule has 1 unspecified atom stereocenters. The molecule has 0 spiro atoms. The molecular formula is C28H34N4OS. The van der Waals surface area contributed by atoms with E-state index >= 15 is 0 Å². The second kappa shape index (κ2) is 9.21. The minimum absolute atomic E-state index is 0.115. The summed E-state index contributed by atoms with van der Waals surface area (Å²) in [6.07, 6.45) is 5.67. The average molecular weight is 475 g/mol. The lowest BCUT2D eigenvalue weighted by Gasteiger charge is -2.23. The second-order valence-electron chi connectivity index (χ2n) is 10.7. The molecule has 1 aliphatic heterocycles. The summed E-state index contributed by atoms with van der Waals surface area (Å²) in [4.78, 5) is 15.2. The zero-order valence-electron chi connectivity index (χ0n) is 20.6. The lowest BCUT2D eigenvalue weighted by Crippen LogP contribution is -2.37. The van der Waals surface area contributed by atoms with Gasteiger partial charge in [-0.1, -0.05) is 87.8 Å². The van der Waals surface area contributed by atoms with Gasteiger partial charge in [0.1, 0.15) is 0 Å². The minimum atomic E-state index is 0.115. The summed E-state index contributed by atoms with van der Waals surface area (Å²) < 4.78 is 2.30. The third-order valence-corrected chi connectivity index (χ3v) is 8.09. The third-order valence-electron chi connectivity index (χ3n) is 7.16. The van der Waals surface area contributed by atoms with Gasteiger partial charge in [0.25, 0.3) is 0 Å². The van der Waals surface area contributed by atoms with E-state index in [9.17, 15) is 4.79 Å². The minimum Gasteiger partial charge on any atom is -0.308 e. The molecule has 5 nitrogen and oxygen atoms in total. The number of nitrogens with zero attached hydrogens (tertiary/aromatic N) is 4. The number of benzene rings is 2. The van der Waals surface area contributed by atoms with Crippen molar-refractivity contribution in [2.24, 2.45) is 0 Å². The number of hydrogen-bond acceptors (Lipinski definition) is 4. The maximum atomic E-state index is 13.3. The number of aromatic nitrogens is 3. The van der Waals surface area contributed by atoms with Gasteiger partial charge in [0.15, 0.2) is 11.0 Å². The Morgan fingerprint density at radius 3 is 2.44 bits per heavy atom. The van der Waals surface area contributed by atoms with Gasteiger partial charge in [0, 0.05) is 23.3 Å². The predicted octanol–water partition coefficient (Wildman–Crippen LogP) is 6.43. The van der Waals surface area contributed by atoms with E-state index in [2.05, 4.69) is 78.9 Å². The quantitative estimate of drug-likeness (QED) is 0.400. The van der Waals surface area contributed by atoms with E-state index in [0.717, 1.165) is 41.5 Å². The normalized spacial score (nSPS) is 18.5. The van der Waals surface area contributed by atoms with Crippen LogP contribution in [0.25, 0.3) is 11.4 Å². The van der Waals surface area contributed by atoms with Crippen molar-refractivity contribution in [1.82, 2.24) is 14.8 Å². The summed E-state index contributed by atoms with van der Waals surface area (Å²) >= 11 is 1.53. The molecule has 1 aliphatic carbocycles. The van der Waals surface area contributed by atoms with Crippen LogP contribution in [-0.2, 0) is 16.6 Å². The monoisotopic (exact) mass is 474 g/mol. The Bertz CT molecular complexity index is 1170. The van der Waals surface area contributed by atoms with Crippen molar-refractivity contribution >= 4 is 23.4 Å². The fraction of sp³-hybridized carbons (Fsp3) is 0.464. The zero-order valence-corrected chi connectivity index (χ0v) is 21.4. The van der Waals surface area contributed by atoms with Crippen LogP contribution in [-0.4, -0.2) is 32.5 Å². The van der Waals surface area contributed by atoms with Crippen LogP contribution in [0, 0.1) is 0 Å². The maximum absolute atomic E-state index is 13.3. The van der Waals surface area contributed by atoms with Gasteiger partial charge in [-0.3, -0.25) is 9.36 Å². The van der Waals surface area contributed by atoms with E-state index in [1.165, 1.54) is 35.7 Å². The molecule has 2 aromatic carbocycles. The molecule has 178 valence electrons. The van der Waals surface area contributed by atoms with E-state index in [4.69, 9.17) is 0 Å². The van der Waals surface area contributed by atoms with E-state index in [1.807, 2.05) is 17.0 Å². The highest BCUT2D eigenvalue weighted by molar-refractivity contribution is 7.99. The number of carbonyl (C=O) groups excluding carboxylic acids is 1. The van der Waals surface area contributed by atoms with Crippen molar-refractivity contribution in [3.63, 3.8) is 0 Å². The van der Waals surface area contributed by atoms with Gasteiger partial charge in [-0.15, -0.1) is 10.2 Å². The van der Waals surface area contributed by atoms with Crippen molar-refractivity contribution in [3.8, 4) is 11.4 Å². The number of amides is 1. The highest BCUT2D eigenvalue weighted by Gasteiger charge is 2.31. The second-order valence-corrected chi connectivity index (χ2v) is 11.6. The molecule has 2 aliphatic rings. The van der Waals surface area contributed by atoms with Crippen LogP contribution in [0.15, 0.2) is 53.7 Å². The van der Waals surface area contributed by atoms with Crippen LogP contribution < -0.4 is 4.90 Å². The molecule has 1 saturated carbocycles. The Labute approximate surface area is 207 Å². The van der Waals surface area contributed by atoms with Crippen molar-refractivity contribution < 1.29 is 4.79 Å². The SMILES string of the molecule is CC1Cc2ccccc2N1C(=O)CSc1nnc(-c2ccc(C(C)(C)C)cc2)n1C1CCCC1. The van der Waals surface area contributed by atoms with Crippen LogP contribution >= 0.6 is 11.8 Å². The fourth-order valence-electron chi connectivity index (χ4n) is 5.32. The van der Waals surface area contributed by atoms with Crippen LogP contribution in [0.4, 0.5) is 5.69 Å². The molecule has 34 heavy (non-hydrogen) atoms. The first-order chi connectivity index (χ1) is 16.3. The van der Waals surface area contributed by atoms with Gasteiger partial charge >= 0.3 is 0 Å². The number of thioether (sulfide) groups is 1. The topological polar surface area (TPSA) is 51.0 Å². The lowest BCUT2D eigenvalue weighted by atomic mass is 9.86. The predicted molar refractivity (Wildman–Crippen MR) is 139 cm³/mol. The Balaban J connectivity index is 1.39. The molecule has 1 atom stereocenters. The number of hydrogen-bond donors (Lipinski definition) is 0. The Hall–Kier alpha value is -2.60. The van der Waals surface area contributed by atoms with Crippen molar-refractivity contribution in [2.45, 2.75) is 82.5 Å². The molecule has 6 heteroatoms. The van der Waals surface area contributed by atoms with Crippen LogP contribution in [0.3, 0.4) is 0 Å². The van der Waals surface area contributed by atoms with Gasteiger partial charge in [-0.25, -0.2) is 0 Å². The number of rotatable bonds is 5.